The van der Waals surface area contributed by atoms with Gasteiger partial charge < -0.3 is 9.94 Å². The highest BCUT2D eigenvalue weighted by atomic mass is 32.2. The van der Waals surface area contributed by atoms with Gasteiger partial charge in [-0.1, -0.05) is 28.6 Å². The zero-order valence-corrected chi connectivity index (χ0v) is 18.5. The van der Waals surface area contributed by atoms with Crippen molar-refractivity contribution in [3.63, 3.8) is 0 Å². The molecule has 9 nitrogen and oxygen atoms in total. The second-order valence-corrected chi connectivity index (χ2v) is 9.98. The number of nitrogens with one attached hydrogen (secondary N) is 1. The summed E-state index contributed by atoms with van der Waals surface area (Å²) in [6, 6.07) is 5.58. The number of nitrogens with zero attached hydrogens (tertiary/aromatic N) is 3. The molecule has 168 valence electrons. The summed E-state index contributed by atoms with van der Waals surface area (Å²) in [6.07, 6.45) is 4.62. The second-order valence-electron chi connectivity index (χ2n) is 6.95. The molecule has 0 radical (unpaired) electrons. The lowest BCUT2D eigenvalue weighted by molar-refractivity contribution is -0.110. The summed E-state index contributed by atoms with van der Waals surface area (Å²) in [5.74, 6) is -0.652. The molecule has 31 heavy (non-hydrogen) atoms. The number of thiazole rings is 1. The number of carbonyl (C=O) groups is 1. The quantitative estimate of drug-likeness (QED) is 0.428. The zero-order chi connectivity index (χ0) is 22.4. The molecule has 3 rings (SSSR count). The molecule has 0 unspecified atom stereocenters. The minimum Gasteiger partial charge on any atom is -0.395 e. The van der Waals surface area contributed by atoms with Crippen LogP contribution in [0.15, 0.2) is 40.5 Å². The highest BCUT2D eigenvalue weighted by molar-refractivity contribution is 7.89. The van der Waals surface area contributed by atoms with Gasteiger partial charge >= 0.3 is 0 Å². The number of anilines is 1. The number of benzene rings is 1. The topological polar surface area (TPSA) is 121 Å². The largest absolute Gasteiger partial charge is 0.395 e. The summed E-state index contributed by atoms with van der Waals surface area (Å²) >= 11 is 0.675. The number of aliphatic hydroxyl groups is 1. The molecule has 0 atom stereocenters. The third-order valence-corrected chi connectivity index (χ3v) is 7.33. The summed E-state index contributed by atoms with van der Waals surface area (Å²) in [4.78, 5) is 22.1. The van der Waals surface area contributed by atoms with Crippen molar-refractivity contribution >= 4 is 38.1 Å². The van der Waals surface area contributed by atoms with Crippen LogP contribution in [0, 0.1) is 5.13 Å². The number of hydrogen-bond donors (Lipinski definition) is 2. The van der Waals surface area contributed by atoms with Crippen molar-refractivity contribution in [1.29, 1.82) is 0 Å². The van der Waals surface area contributed by atoms with Gasteiger partial charge in [-0.05, 0) is 37.8 Å². The van der Waals surface area contributed by atoms with Crippen LogP contribution >= 0.6 is 11.3 Å². The normalized spacial score (nSPS) is 15.4. The molecular formula is C19H23FN4O5S2. The lowest BCUT2D eigenvalue weighted by Crippen LogP contribution is -2.29. The lowest BCUT2D eigenvalue weighted by Gasteiger charge is -2.16. The Hall–Kier alpha value is -2.41. The Morgan fingerprint density at radius 1 is 1.35 bits per heavy atom. The van der Waals surface area contributed by atoms with Crippen LogP contribution in [0.25, 0.3) is 0 Å². The number of aliphatic hydroxyl groups excluding tert-OH is 1. The van der Waals surface area contributed by atoms with Crippen molar-refractivity contribution in [2.45, 2.75) is 36.7 Å². The first kappa shape index (κ1) is 23.3. The van der Waals surface area contributed by atoms with Crippen molar-refractivity contribution < 1.29 is 27.5 Å². The Kier molecular flexibility index (Phi) is 7.70. The molecule has 0 saturated heterocycles. The van der Waals surface area contributed by atoms with E-state index in [1.165, 1.54) is 31.3 Å². The predicted octanol–water partition coefficient (Wildman–Crippen LogP) is 2.20. The van der Waals surface area contributed by atoms with Crippen LogP contribution in [0.5, 0.6) is 0 Å². The van der Waals surface area contributed by atoms with E-state index >= 15 is 0 Å². The summed E-state index contributed by atoms with van der Waals surface area (Å²) in [7, 11) is -2.42. The maximum atomic E-state index is 13.2. The Balaban J connectivity index is 1.85. The zero-order valence-electron chi connectivity index (χ0n) is 16.8. The summed E-state index contributed by atoms with van der Waals surface area (Å²) in [5.41, 5.74) is 0.256. The number of rotatable bonds is 9. The molecule has 2 aromatic rings. The summed E-state index contributed by atoms with van der Waals surface area (Å²) in [5, 5.41) is 15.0. The van der Waals surface area contributed by atoms with Gasteiger partial charge in [0, 0.05) is 19.2 Å². The number of aromatic nitrogens is 1. The fourth-order valence-corrected chi connectivity index (χ4v) is 4.74. The second kappa shape index (κ2) is 10.3. The van der Waals surface area contributed by atoms with E-state index in [0.717, 1.165) is 36.2 Å². The SMILES string of the molecule is CN(CCO)S(=O)(=O)c1ccc(C(=NOC2CCCC2)C(=O)Nc2ncc(F)s2)cc1. The van der Waals surface area contributed by atoms with Crippen molar-refractivity contribution in [2.24, 2.45) is 5.16 Å². The molecule has 1 heterocycles. The van der Waals surface area contributed by atoms with Gasteiger partial charge in [-0.3, -0.25) is 10.1 Å². The summed E-state index contributed by atoms with van der Waals surface area (Å²) < 4.78 is 39.3. The van der Waals surface area contributed by atoms with E-state index in [2.05, 4.69) is 15.5 Å². The van der Waals surface area contributed by atoms with Gasteiger partial charge in [0.25, 0.3) is 5.91 Å². The summed E-state index contributed by atoms with van der Waals surface area (Å²) in [6.45, 7) is -0.348. The van der Waals surface area contributed by atoms with Gasteiger partial charge in [0.1, 0.15) is 6.10 Å². The standard InChI is InChI=1S/C19H23FN4O5S2/c1-24(10-11-25)31(27,28)15-8-6-13(7-9-15)17(23-29-14-4-2-3-5-14)18(26)22-19-21-12-16(20)30-19/h6-9,12,14,25H,2-5,10-11H2,1H3,(H,21,22,26). The van der Waals surface area contributed by atoms with E-state index in [1.807, 2.05) is 0 Å². The van der Waals surface area contributed by atoms with Crippen LogP contribution in [0.1, 0.15) is 31.2 Å². The Bertz CT molecular complexity index is 1030. The molecule has 1 saturated carbocycles. The van der Waals surface area contributed by atoms with E-state index in [0.29, 0.717) is 16.9 Å². The van der Waals surface area contributed by atoms with Crippen LogP contribution in [-0.2, 0) is 19.7 Å². The average Bonchev–Trinajstić information content (AvgIpc) is 3.40. The number of likely N-dealkylation sites (N-methyl/N-ethyl adjacent to an activating group) is 1. The van der Waals surface area contributed by atoms with Crippen LogP contribution < -0.4 is 5.32 Å². The number of carbonyl (C=O) groups excluding carboxylic acids is 1. The van der Waals surface area contributed by atoms with Crippen molar-refractivity contribution in [3.05, 3.63) is 41.2 Å². The van der Waals surface area contributed by atoms with Crippen LogP contribution in [0.3, 0.4) is 0 Å². The molecular weight excluding hydrogens is 447 g/mol. The van der Waals surface area contributed by atoms with E-state index in [9.17, 15) is 17.6 Å². The smallest absolute Gasteiger partial charge is 0.280 e. The monoisotopic (exact) mass is 470 g/mol. The highest BCUT2D eigenvalue weighted by Crippen LogP contribution is 2.22. The number of hydrogen-bond acceptors (Lipinski definition) is 8. The number of oxime groups is 1. The van der Waals surface area contributed by atoms with Crippen LogP contribution in [0.2, 0.25) is 0 Å². The van der Waals surface area contributed by atoms with Crippen molar-refractivity contribution in [3.8, 4) is 0 Å². The van der Waals surface area contributed by atoms with Gasteiger partial charge in [-0.15, -0.1) is 0 Å². The first-order valence-corrected chi connectivity index (χ1v) is 11.9. The fraction of sp³-hybridized carbons (Fsp3) is 0.421. The van der Waals surface area contributed by atoms with E-state index in [-0.39, 0.29) is 35.0 Å². The molecule has 1 aliphatic carbocycles. The maximum Gasteiger partial charge on any atom is 0.280 e. The molecule has 0 aliphatic heterocycles. The fourth-order valence-electron chi connectivity index (χ4n) is 3.04. The van der Waals surface area contributed by atoms with Gasteiger partial charge in [-0.2, -0.15) is 8.70 Å². The maximum absolute atomic E-state index is 13.2. The van der Waals surface area contributed by atoms with Gasteiger partial charge in [-0.25, -0.2) is 13.4 Å². The minimum absolute atomic E-state index is 0.00524. The third kappa shape index (κ3) is 5.85. The van der Waals surface area contributed by atoms with Crippen molar-refractivity contribution in [2.75, 3.05) is 25.5 Å². The molecule has 1 aliphatic rings. The number of halogens is 1. The Morgan fingerprint density at radius 3 is 2.61 bits per heavy atom. The predicted molar refractivity (Wildman–Crippen MR) is 114 cm³/mol. The minimum atomic E-state index is -3.78. The highest BCUT2D eigenvalue weighted by Gasteiger charge is 2.23. The van der Waals surface area contributed by atoms with Gasteiger partial charge in [0.15, 0.2) is 16.0 Å². The van der Waals surface area contributed by atoms with E-state index in [4.69, 9.17) is 9.94 Å². The molecule has 1 aromatic carbocycles. The molecule has 0 spiro atoms. The molecule has 1 fully saturated rings. The van der Waals surface area contributed by atoms with Crippen LogP contribution in [-0.4, -0.2) is 60.7 Å². The van der Waals surface area contributed by atoms with Crippen molar-refractivity contribution in [1.82, 2.24) is 9.29 Å². The molecule has 12 heteroatoms. The lowest BCUT2D eigenvalue weighted by atomic mass is 10.1. The van der Waals surface area contributed by atoms with Gasteiger partial charge in [0.2, 0.25) is 10.0 Å². The van der Waals surface area contributed by atoms with E-state index in [1.54, 1.807) is 0 Å². The number of sulfonamides is 1. The first-order valence-electron chi connectivity index (χ1n) is 9.65. The first-order chi connectivity index (χ1) is 14.8. The average molecular weight is 471 g/mol. The van der Waals surface area contributed by atoms with Gasteiger partial charge in [0.05, 0.1) is 17.7 Å². The molecule has 0 bridgehead atoms. The Labute approximate surface area is 183 Å². The number of amides is 1. The third-order valence-electron chi connectivity index (χ3n) is 4.76. The Morgan fingerprint density at radius 2 is 2.03 bits per heavy atom. The molecule has 1 amide bonds. The van der Waals surface area contributed by atoms with Crippen LogP contribution in [0.4, 0.5) is 9.52 Å². The molecule has 1 aromatic heterocycles. The molecule has 2 N–H and O–H groups in total. The van der Waals surface area contributed by atoms with E-state index < -0.39 is 21.1 Å².